The van der Waals surface area contributed by atoms with Gasteiger partial charge in [0.05, 0.1) is 12.0 Å². The molecule has 2 aromatic rings. The Labute approximate surface area is 168 Å². The highest BCUT2D eigenvalue weighted by Crippen LogP contribution is 2.37. The highest BCUT2D eigenvalue weighted by Gasteiger charge is 2.38. The third-order valence-electron chi connectivity index (χ3n) is 5.82. The molecule has 0 atom stereocenters. The van der Waals surface area contributed by atoms with Crippen LogP contribution in [0.2, 0.25) is 0 Å². The molecule has 0 radical (unpaired) electrons. The van der Waals surface area contributed by atoms with E-state index in [1.165, 1.54) is 0 Å². The lowest BCUT2D eigenvalue weighted by molar-refractivity contribution is 0.0684. The Kier molecular flexibility index (Phi) is 6.12. The first-order valence-electron chi connectivity index (χ1n) is 9.61. The van der Waals surface area contributed by atoms with Crippen molar-refractivity contribution in [3.8, 4) is 5.75 Å². The Morgan fingerprint density at radius 1 is 1.07 bits per heavy atom. The van der Waals surface area contributed by atoms with Gasteiger partial charge in [-0.25, -0.2) is 8.42 Å². The van der Waals surface area contributed by atoms with Gasteiger partial charge in [0.15, 0.2) is 0 Å². The molecule has 152 valence electrons. The molecule has 5 nitrogen and oxygen atoms in total. The molecule has 1 saturated heterocycles. The highest BCUT2D eigenvalue weighted by atomic mass is 32.2. The van der Waals surface area contributed by atoms with Crippen molar-refractivity contribution in [3.63, 3.8) is 0 Å². The Hall–Kier alpha value is -1.89. The Morgan fingerprint density at radius 3 is 2.29 bits per heavy atom. The summed E-state index contributed by atoms with van der Waals surface area (Å²) in [6.45, 7) is 4.63. The number of aliphatic hydroxyl groups is 1. The fourth-order valence-corrected chi connectivity index (χ4v) is 5.64. The van der Waals surface area contributed by atoms with E-state index in [-0.39, 0.29) is 12.0 Å². The molecule has 3 rings (SSSR count). The molecule has 0 unspecified atom stereocenters. The second kappa shape index (κ2) is 8.23. The summed E-state index contributed by atoms with van der Waals surface area (Å²) in [6.07, 6.45) is 2.00. The van der Waals surface area contributed by atoms with Gasteiger partial charge in [-0.1, -0.05) is 24.3 Å². The van der Waals surface area contributed by atoms with E-state index in [1.54, 1.807) is 17.5 Å². The van der Waals surface area contributed by atoms with E-state index in [1.807, 2.05) is 50.2 Å². The van der Waals surface area contributed by atoms with Crippen molar-refractivity contribution < 1.29 is 18.3 Å². The first-order chi connectivity index (χ1) is 13.3. The van der Waals surface area contributed by atoms with Gasteiger partial charge in [0.25, 0.3) is 0 Å². The standard InChI is InChI=1S/C22H29NO4S/c1-17-4-5-18(2)21(14-17)28(25,26)23-12-10-22(16-24,11-13-23)15-19-6-8-20(27-3)9-7-19/h4-9,14,24H,10-13,15-16H2,1-3H3. The maximum Gasteiger partial charge on any atom is 0.243 e. The minimum atomic E-state index is -3.52. The summed E-state index contributed by atoms with van der Waals surface area (Å²) < 4.78 is 33.0. The van der Waals surface area contributed by atoms with Crippen molar-refractivity contribution >= 4 is 10.0 Å². The molecule has 1 aliphatic heterocycles. The number of hydrogen-bond acceptors (Lipinski definition) is 4. The second-order valence-corrected chi connectivity index (χ2v) is 9.76. The van der Waals surface area contributed by atoms with Crippen molar-refractivity contribution in [1.82, 2.24) is 4.31 Å². The predicted octanol–water partition coefficient (Wildman–Crippen LogP) is 3.32. The molecule has 28 heavy (non-hydrogen) atoms. The minimum Gasteiger partial charge on any atom is -0.497 e. The van der Waals surface area contributed by atoms with Gasteiger partial charge in [-0.15, -0.1) is 0 Å². The average molecular weight is 404 g/mol. The highest BCUT2D eigenvalue weighted by molar-refractivity contribution is 7.89. The average Bonchev–Trinajstić information content (AvgIpc) is 2.70. The van der Waals surface area contributed by atoms with Crippen LogP contribution >= 0.6 is 0 Å². The maximum absolute atomic E-state index is 13.1. The molecule has 1 fully saturated rings. The van der Waals surface area contributed by atoms with Crippen LogP contribution in [-0.2, 0) is 16.4 Å². The number of aliphatic hydroxyl groups excluding tert-OH is 1. The van der Waals surface area contributed by atoms with Crippen molar-refractivity contribution in [2.45, 2.75) is 38.0 Å². The summed E-state index contributed by atoms with van der Waals surface area (Å²) in [5, 5.41) is 10.1. The third kappa shape index (κ3) is 4.24. The first kappa shape index (κ1) is 20.8. The number of piperidine rings is 1. The maximum atomic E-state index is 13.1. The van der Waals surface area contributed by atoms with Crippen LogP contribution in [0.15, 0.2) is 47.4 Å². The number of benzene rings is 2. The van der Waals surface area contributed by atoms with Gasteiger partial charge < -0.3 is 9.84 Å². The zero-order chi connectivity index (χ0) is 20.4. The number of sulfonamides is 1. The SMILES string of the molecule is COc1ccc(CC2(CO)CCN(S(=O)(=O)c3cc(C)ccc3C)CC2)cc1. The summed E-state index contributed by atoms with van der Waals surface area (Å²) in [6, 6.07) is 13.4. The molecule has 2 aromatic carbocycles. The number of aryl methyl sites for hydroxylation is 2. The van der Waals surface area contributed by atoms with Gasteiger partial charge in [0, 0.05) is 19.7 Å². The molecular weight excluding hydrogens is 374 g/mol. The Bertz CT molecular complexity index is 914. The lowest BCUT2D eigenvalue weighted by atomic mass is 9.75. The Morgan fingerprint density at radius 2 is 1.71 bits per heavy atom. The molecule has 1 N–H and O–H groups in total. The van der Waals surface area contributed by atoms with Crippen LogP contribution in [0.25, 0.3) is 0 Å². The molecule has 1 heterocycles. The van der Waals surface area contributed by atoms with E-state index in [9.17, 15) is 13.5 Å². The fourth-order valence-electron chi connectivity index (χ4n) is 3.89. The van der Waals surface area contributed by atoms with Crippen LogP contribution < -0.4 is 4.74 Å². The Balaban J connectivity index is 1.74. The molecule has 0 bridgehead atoms. The van der Waals surface area contributed by atoms with E-state index in [4.69, 9.17) is 4.74 Å². The van der Waals surface area contributed by atoms with Gasteiger partial charge in [-0.3, -0.25) is 0 Å². The molecule has 6 heteroatoms. The summed E-state index contributed by atoms with van der Waals surface area (Å²) in [5.74, 6) is 0.802. The molecule has 0 aromatic heterocycles. The fraction of sp³-hybridized carbons (Fsp3) is 0.455. The van der Waals surface area contributed by atoms with Crippen LogP contribution in [0.1, 0.15) is 29.5 Å². The van der Waals surface area contributed by atoms with Crippen LogP contribution in [0.3, 0.4) is 0 Å². The van der Waals surface area contributed by atoms with E-state index in [2.05, 4.69) is 0 Å². The molecule has 0 amide bonds. The summed E-state index contributed by atoms with van der Waals surface area (Å²) in [7, 11) is -1.89. The van der Waals surface area contributed by atoms with Gasteiger partial charge >= 0.3 is 0 Å². The predicted molar refractivity (Wildman–Crippen MR) is 110 cm³/mol. The number of ether oxygens (including phenoxy) is 1. The van der Waals surface area contributed by atoms with Crippen molar-refractivity contribution in [3.05, 3.63) is 59.2 Å². The summed E-state index contributed by atoms with van der Waals surface area (Å²) >= 11 is 0. The number of methoxy groups -OCH3 is 1. The normalized spacial score (nSPS) is 17.4. The van der Waals surface area contributed by atoms with Crippen LogP contribution in [0.5, 0.6) is 5.75 Å². The van der Waals surface area contributed by atoms with E-state index >= 15 is 0 Å². The smallest absolute Gasteiger partial charge is 0.243 e. The minimum absolute atomic E-state index is 0.0520. The lowest BCUT2D eigenvalue weighted by Gasteiger charge is -2.40. The molecular formula is C22H29NO4S. The van der Waals surface area contributed by atoms with Gasteiger partial charge in [-0.05, 0) is 73.4 Å². The third-order valence-corrected chi connectivity index (χ3v) is 7.86. The van der Waals surface area contributed by atoms with Crippen LogP contribution in [-0.4, -0.2) is 44.6 Å². The van der Waals surface area contributed by atoms with Crippen LogP contribution in [0, 0.1) is 19.3 Å². The lowest BCUT2D eigenvalue weighted by Crippen LogP contribution is -2.45. The van der Waals surface area contributed by atoms with E-state index < -0.39 is 10.0 Å². The topological polar surface area (TPSA) is 66.8 Å². The molecule has 1 aliphatic rings. The van der Waals surface area contributed by atoms with Gasteiger partial charge in [0.2, 0.25) is 10.0 Å². The molecule has 0 saturated carbocycles. The van der Waals surface area contributed by atoms with Crippen molar-refractivity contribution in [1.29, 1.82) is 0 Å². The zero-order valence-electron chi connectivity index (χ0n) is 16.8. The zero-order valence-corrected chi connectivity index (χ0v) is 17.6. The molecule has 0 aliphatic carbocycles. The monoisotopic (exact) mass is 403 g/mol. The number of hydrogen-bond donors (Lipinski definition) is 1. The van der Waals surface area contributed by atoms with Crippen molar-refractivity contribution in [2.24, 2.45) is 5.41 Å². The largest absolute Gasteiger partial charge is 0.497 e. The number of nitrogens with zero attached hydrogens (tertiary/aromatic N) is 1. The summed E-state index contributed by atoms with van der Waals surface area (Å²) in [4.78, 5) is 0.388. The number of rotatable bonds is 6. The van der Waals surface area contributed by atoms with Gasteiger partial charge in [-0.2, -0.15) is 4.31 Å². The quantitative estimate of drug-likeness (QED) is 0.804. The van der Waals surface area contributed by atoms with Crippen LogP contribution in [0.4, 0.5) is 0 Å². The summed E-state index contributed by atoms with van der Waals surface area (Å²) in [5.41, 5.74) is 2.54. The van der Waals surface area contributed by atoms with E-state index in [0.29, 0.717) is 30.8 Å². The van der Waals surface area contributed by atoms with Gasteiger partial charge in [0.1, 0.15) is 5.75 Å². The second-order valence-electron chi connectivity index (χ2n) is 7.86. The first-order valence-corrected chi connectivity index (χ1v) is 11.0. The van der Waals surface area contributed by atoms with E-state index in [0.717, 1.165) is 28.9 Å². The molecule has 0 spiro atoms. The van der Waals surface area contributed by atoms with Crippen molar-refractivity contribution in [2.75, 3.05) is 26.8 Å².